The van der Waals surface area contributed by atoms with Crippen LogP contribution in [0.3, 0.4) is 0 Å². The molecule has 25 heavy (non-hydrogen) atoms. The number of amidine groups is 1. The van der Waals surface area contributed by atoms with E-state index in [0.29, 0.717) is 5.92 Å². The van der Waals surface area contributed by atoms with Crippen molar-refractivity contribution in [2.45, 2.75) is 16.9 Å². The van der Waals surface area contributed by atoms with Crippen LogP contribution >= 0.6 is 11.8 Å². The van der Waals surface area contributed by atoms with Gasteiger partial charge in [0.2, 0.25) is 0 Å². The van der Waals surface area contributed by atoms with Gasteiger partial charge in [-0.05, 0) is 35.0 Å². The Bertz CT molecular complexity index is 921. The fourth-order valence-corrected chi connectivity index (χ4v) is 4.82. The lowest BCUT2D eigenvalue weighted by molar-refractivity contribution is 0.545. The predicted molar refractivity (Wildman–Crippen MR) is 105 cm³/mol. The van der Waals surface area contributed by atoms with Gasteiger partial charge in [-0.15, -0.1) is 0 Å². The summed E-state index contributed by atoms with van der Waals surface area (Å²) in [6.07, 6.45) is 0. The van der Waals surface area contributed by atoms with Crippen molar-refractivity contribution >= 4 is 22.6 Å². The molecule has 2 nitrogen and oxygen atoms in total. The van der Waals surface area contributed by atoms with Gasteiger partial charge in [0.05, 0.1) is 11.7 Å². The van der Waals surface area contributed by atoms with Crippen LogP contribution in [0.2, 0.25) is 0 Å². The highest BCUT2D eigenvalue weighted by Crippen LogP contribution is 2.47. The van der Waals surface area contributed by atoms with E-state index in [2.05, 4.69) is 89.8 Å². The predicted octanol–water partition coefficient (Wildman–Crippen LogP) is 5.49. The molecule has 0 fully saturated rings. The average Bonchev–Trinajstić information content (AvgIpc) is 3.06. The molecule has 0 saturated carbocycles. The van der Waals surface area contributed by atoms with Crippen molar-refractivity contribution in [1.29, 1.82) is 0 Å². The van der Waals surface area contributed by atoms with Gasteiger partial charge in [-0.3, -0.25) is 4.99 Å². The van der Waals surface area contributed by atoms with Crippen molar-refractivity contribution in [2.75, 3.05) is 11.4 Å². The number of anilines is 1. The van der Waals surface area contributed by atoms with E-state index in [1.165, 1.54) is 21.7 Å². The van der Waals surface area contributed by atoms with E-state index in [1.807, 2.05) is 0 Å². The van der Waals surface area contributed by atoms with E-state index >= 15 is 0 Å². The van der Waals surface area contributed by atoms with Crippen molar-refractivity contribution in [3.8, 4) is 0 Å². The summed E-state index contributed by atoms with van der Waals surface area (Å²) in [6.45, 7) is 0.965. The van der Waals surface area contributed by atoms with Crippen LogP contribution in [-0.4, -0.2) is 11.7 Å². The van der Waals surface area contributed by atoms with Crippen LogP contribution in [0, 0.1) is 0 Å². The van der Waals surface area contributed by atoms with Gasteiger partial charge in [-0.25, -0.2) is 0 Å². The third-order valence-electron chi connectivity index (χ3n) is 4.97. The summed E-state index contributed by atoms with van der Waals surface area (Å²) in [5.74, 6) is 0.346. The Morgan fingerprint density at radius 2 is 1.40 bits per heavy atom. The first kappa shape index (κ1) is 14.8. The first-order valence-corrected chi connectivity index (χ1v) is 9.44. The van der Waals surface area contributed by atoms with E-state index in [4.69, 9.17) is 4.99 Å². The van der Waals surface area contributed by atoms with Gasteiger partial charge < -0.3 is 4.90 Å². The Labute approximate surface area is 152 Å². The van der Waals surface area contributed by atoms with Crippen LogP contribution in [-0.2, 0) is 0 Å². The second-order valence-corrected chi connectivity index (χ2v) is 7.47. The highest BCUT2D eigenvalue weighted by Gasteiger charge is 2.37. The number of para-hydroxylation sites is 1. The quantitative estimate of drug-likeness (QED) is 0.611. The van der Waals surface area contributed by atoms with E-state index in [9.17, 15) is 0 Å². The number of thioether (sulfide) groups is 1. The van der Waals surface area contributed by atoms with Gasteiger partial charge in [0.25, 0.3) is 0 Å². The molecule has 0 radical (unpaired) electrons. The SMILES string of the molecule is c1ccc([C@H]2N=C3Sc4ccccc4N3C[C@H]2c2ccccc2)cc1. The fraction of sp³-hybridized carbons (Fsp3) is 0.136. The Balaban J connectivity index is 1.62. The number of benzene rings is 3. The second kappa shape index (κ2) is 6.08. The van der Waals surface area contributed by atoms with Gasteiger partial charge in [0, 0.05) is 17.4 Å². The maximum atomic E-state index is 5.19. The van der Waals surface area contributed by atoms with Crippen molar-refractivity contribution in [1.82, 2.24) is 0 Å². The minimum Gasteiger partial charge on any atom is -0.319 e. The van der Waals surface area contributed by atoms with Crippen LogP contribution in [0.5, 0.6) is 0 Å². The van der Waals surface area contributed by atoms with Crippen molar-refractivity contribution in [3.63, 3.8) is 0 Å². The molecule has 2 atom stereocenters. The molecule has 0 bridgehead atoms. The van der Waals surface area contributed by atoms with Crippen LogP contribution in [0.4, 0.5) is 5.69 Å². The number of hydrogen-bond acceptors (Lipinski definition) is 3. The molecular formula is C22H18N2S. The summed E-state index contributed by atoms with van der Waals surface area (Å²) in [5, 5.41) is 1.13. The van der Waals surface area contributed by atoms with Crippen LogP contribution in [0.25, 0.3) is 0 Å². The van der Waals surface area contributed by atoms with Gasteiger partial charge >= 0.3 is 0 Å². The van der Waals surface area contributed by atoms with E-state index < -0.39 is 0 Å². The molecule has 122 valence electrons. The van der Waals surface area contributed by atoms with Gasteiger partial charge in [-0.1, -0.05) is 72.8 Å². The van der Waals surface area contributed by atoms with E-state index in [1.54, 1.807) is 11.8 Å². The molecule has 2 aliphatic rings. The molecule has 2 aliphatic heterocycles. The number of nitrogens with zero attached hydrogens (tertiary/aromatic N) is 2. The molecule has 2 heterocycles. The van der Waals surface area contributed by atoms with E-state index in [0.717, 1.165) is 11.7 Å². The monoisotopic (exact) mass is 342 g/mol. The Hall–Kier alpha value is -2.52. The fourth-order valence-electron chi connectivity index (χ4n) is 3.75. The molecule has 0 saturated heterocycles. The highest BCUT2D eigenvalue weighted by molar-refractivity contribution is 8.14. The normalized spacial score (nSPS) is 21.4. The summed E-state index contributed by atoms with van der Waals surface area (Å²) in [7, 11) is 0. The summed E-state index contributed by atoms with van der Waals surface area (Å²) < 4.78 is 0. The third-order valence-corrected chi connectivity index (χ3v) is 6.04. The maximum Gasteiger partial charge on any atom is 0.169 e. The molecule has 0 amide bonds. The number of rotatable bonds is 2. The van der Waals surface area contributed by atoms with Crippen LogP contribution < -0.4 is 4.90 Å². The minimum atomic E-state index is 0.164. The minimum absolute atomic E-state index is 0.164. The van der Waals surface area contributed by atoms with Crippen molar-refractivity contribution in [3.05, 3.63) is 96.1 Å². The standard InChI is InChI=1S/C22H18N2S/c1-3-9-16(10-4-1)18-15-24-19-13-7-8-14-20(19)25-22(24)23-21(18)17-11-5-2-6-12-17/h1-14,18,21H,15H2/t18-,21+/m0/s1. The Morgan fingerprint density at radius 1 is 0.760 bits per heavy atom. The lowest BCUT2D eigenvalue weighted by Crippen LogP contribution is -2.37. The smallest absolute Gasteiger partial charge is 0.169 e. The third kappa shape index (κ3) is 2.56. The zero-order valence-electron chi connectivity index (χ0n) is 13.7. The molecule has 5 rings (SSSR count). The number of aliphatic imine (C=N–C) groups is 1. The Morgan fingerprint density at radius 3 is 2.16 bits per heavy atom. The molecule has 3 heteroatoms. The summed E-state index contributed by atoms with van der Waals surface area (Å²) >= 11 is 1.79. The second-order valence-electron chi connectivity index (χ2n) is 6.46. The lowest BCUT2D eigenvalue weighted by atomic mass is 9.86. The van der Waals surface area contributed by atoms with Gasteiger partial charge in [-0.2, -0.15) is 0 Å². The highest BCUT2D eigenvalue weighted by atomic mass is 32.2. The molecule has 0 aliphatic carbocycles. The van der Waals surface area contributed by atoms with Gasteiger partial charge in [0.15, 0.2) is 5.17 Å². The number of hydrogen-bond donors (Lipinski definition) is 0. The maximum absolute atomic E-state index is 5.19. The number of fused-ring (bicyclic) bond motifs is 3. The van der Waals surface area contributed by atoms with Crippen molar-refractivity contribution in [2.24, 2.45) is 4.99 Å². The summed E-state index contributed by atoms with van der Waals surface area (Å²) in [5.41, 5.74) is 3.94. The first-order chi connectivity index (χ1) is 12.4. The first-order valence-electron chi connectivity index (χ1n) is 8.62. The zero-order valence-corrected chi connectivity index (χ0v) is 14.6. The van der Waals surface area contributed by atoms with Gasteiger partial charge in [0.1, 0.15) is 0 Å². The Kier molecular flexibility index (Phi) is 3.60. The molecule has 3 aromatic carbocycles. The molecular weight excluding hydrogens is 324 g/mol. The van der Waals surface area contributed by atoms with Crippen molar-refractivity contribution < 1.29 is 0 Å². The molecule has 3 aromatic rings. The lowest BCUT2D eigenvalue weighted by Gasteiger charge is -2.35. The zero-order chi connectivity index (χ0) is 16.6. The molecule has 0 N–H and O–H groups in total. The van der Waals surface area contributed by atoms with Crippen LogP contribution in [0.1, 0.15) is 23.1 Å². The molecule has 0 spiro atoms. The average molecular weight is 342 g/mol. The summed E-state index contributed by atoms with van der Waals surface area (Å²) in [4.78, 5) is 8.89. The summed E-state index contributed by atoms with van der Waals surface area (Å²) in [6, 6.07) is 30.3. The molecule has 0 aromatic heterocycles. The van der Waals surface area contributed by atoms with Crippen LogP contribution in [0.15, 0.2) is 94.8 Å². The largest absolute Gasteiger partial charge is 0.319 e. The topological polar surface area (TPSA) is 15.6 Å². The molecule has 0 unspecified atom stereocenters. The van der Waals surface area contributed by atoms with E-state index in [-0.39, 0.29) is 6.04 Å².